The van der Waals surface area contributed by atoms with Crippen LogP contribution in [-0.4, -0.2) is 17.7 Å². The molecule has 0 radical (unpaired) electrons. The van der Waals surface area contributed by atoms with Gasteiger partial charge in [0.1, 0.15) is 0 Å². The lowest BCUT2D eigenvalue weighted by molar-refractivity contribution is 0.238. The molecule has 1 atom stereocenters. The van der Waals surface area contributed by atoms with E-state index in [2.05, 4.69) is 19.0 Å². The third kappa shape index (κ3) is 11.6. The number of rotatable bonds is 14. The Bertz CT molecular complexity index is 241. The van der Waals surface area contributed by atoms with Crippen LogP contribution in [0.4, 0.5) is 0 Å². The molecule has 0 aromatic rings. The van der Waals surface area contributed by atoms with E-state index in [0.717, 1.165) is 12.8 Å². The number of unbranched alkanes of at least 4 members (excludes halogenated alkanes) is 8. The molecule has 0 fully saturated rings. The molecule has 1 N–H and O–H groups in total. The van der Waals surface area contributed by atoms with Gasteiger partial charge in [0, 0.05) is 5.92 Å². The molecule has 21 heavy (non-hydrogen) atoms. The van der Waals surface area contributed by atoms with E-state index in [-0.39, 0.29) is 0 Å². The third-order valence-electron chi connectivity index (χ3n) is 4.05. The van der Waals surface area contributed by atoms with E-state index in [0.29, 0.717) is 18.4 Å². The van der Waals surface area contributed by atoms with Crippen molar-refractivity contribution < 1.29 is 9.94 Å². The molecule has 0 saturated heterocycles. The predicted octanol–water partition coefficient (Wildman–Crippen LogP) is 6.15. The minimum atomic E-state index is 0.301. The zero-order valence-electron chi connectivity index (χ0n) is 14.6. The second-order valence-corrected chi connectivity index (χ2v) is 5.97. The van der Waals surface area contributed by atoms with E-state index < -0.39 is 0 Å². The topological polar surface area (TPSA) is 41.8 Å². The molecule has 126 valence electrons. The molecule has 0 rings (SSSR count). The van der Waals surface area contributed by atoms with Crippen molar-refractivity contribution >= 4 is 5.90 Å². The molecule has 0 aromatic heterocycles. The average Bonchev–Trinajstić information content (AvgIpc) is 2.51. The van der Waals surface area contributed by atoms with Gasteiger partial charge in [-0.2, -0.15) is 0 Å². The normalized spacial score (nSPS) is 13.4. The smallest absolute Gasteiger partial charge is 0.228 e. The maximum absolute atomic E-state index is 9.11. The van der Waals surface area contributed by atoms with Crippen molar-refractivity contribution in [2.45, 2.75) is 97.8 Å². The van der Waals surface area contributed by atoms with Crippen LogP contribution in [0.3, 0.4) is 0 Å². The summed E-state index contributed by atoms with van der Waals surface area (Å²) < 4.78 is 5.47. The predicted molar refractivity (Wildman–Crippen MR) is 91.1 cm³/mol. The van der Waals surface area contributed by atoms with Gasteiger partial charge in [-0.15, -0.1) is 0 Å². The molecular weight excluding hydrogens is 262 g/mol. The quantitative estimate of drug-likeness (QED) is 0.137. The molecule has 0 aliphatic rings. The molecule has 0 spiro atoms. The van der Waals surface area contributed by atoms with Gasteiger partial charge in [0.15, 0.2) is 0 Å². The van der Waals surface area contributed by atoms with Crippen molar-refractivity contribution in [2.24, 2.45) is 11.1 Å². The van der Waals surface area contributed by atoms with Gasteiger partial charge in [-0.1, -0.05) is 83.2 Å². The number of hydrogen-bond donors (Lipinski definition) is 1. The Morgan fingerprint density at radius 3 is 1.86 bits per heavy atom. The van der Waals surface area contributed by atoms with Crippen molar-refractivity contribution in [3.8, 4) is 0 Å². The van der Waals surface area contributed by atoms with Gasteiger partial charge in [0.05, 0.1) is 6.61 Å². The molecular formula is C18H37NO2. The monoisotopic (exact) mass is 299 g/mol. The number of nitrogens with zero attached hydrogens (tertiary/aromatic N) is 1. The zero-order valence-corrected chi connectivity index (χ0v) is 14.6. The fourth-order valence-electron chi connectivity index (χ4n) is 2.74. The maximum atomic E-state index is 9.11. The molecule has 0 heterocycles. The fourth-order valence-corrected chi connectivity index (χ4v) is 2.74. The summed E-state index contributed by atoms with van der Waals surface area (Å²) in [5.41, 5.74) is 0. The standard InChI is InChI=1S/C18H37NO2/c1-4-7-9-10-11-12-13-14-16-17(15-8-5-2)18(19-20)21-6-3/h17,20H,4-16H2,1-3H3. The van der Waals surface area contributed by atoms with Gasteiger partial charge in [-0.25, -0.2) is 0 Å². The first-order valence-electron chi connectivity index (χ1n) is 9.14. The molecule has 3 nitrogen and oxygen atoms in total. The molecule has 1 unspecified atom stereocenters. The Labute approximate surface area is 132 Å². The average molecular weight is 299 g/mol. The molecule has 0 amide bonds. The highest BCUT2D eigenvalue weighted by molar-refractivity contribution is 5.78. The number of oxime groups is 1. The molecule has 0 aromatic carbocycles. The SMILES string of the molecule is CCCCCCCCCCC(CCCC)C(=NO)OCC. The Morgan fingerprint density at radius 2 is 1.33 bits per heavy atom. The molecule has 0 aliphatic carbocycles. The van der Waals surface area contributed by atoms with Crippen LogP contribution in [0, 0.1) is 5.92 Å². The Kier molecular flexibility index (Phi) is 15.1. The molecule has 3 heteroatoms. The lowest BCUT2D eigenvalue weighted by Gasteiger charge is -2.17. The lowest BCUT2D eigenvalue weighted by Crippen LogP contribution is -2.18. The summed E-state index contributed by atoms with van der Waals surface area (Å²) in [5.74, 6) is 0.851. The highest BCUT2D eigenvalue weighted by atomic mass is 16.5. The highest BCUT2D eigenvalue weighted by Gasteiger charge is 2.17. The van der Waals surface area contributed by atoms with Crippen molar-refractivity contribution in [3.05, 3.63) is 0 Å². The summed E-state index contributed by atoms with van der Waals surface area (Å²) in [4.78, 5) is 0. The van der Waals surface area contributed by atoms with E-state index in [1.165, 1.54) is 64.2 Å². The molecule has 0 aliphatic heterocycles. The second kappa shape index (κ2) is 15.7. The van der Waals surface area contributed by atoms with Crippen molar-refractivity contribution in [3.63, 3.8) is 0 Å². The minimum Gasteiger partial charge on any atom is -0.479 e. The van der Waals surface area contributed by atoms with Crippen molar-refractivity contribution in [1.82, 2.24) is 0 Å². The summed E-state index contributed by atoms with van der Waals surface area (Å²) in [6.45, 7) is 6.98. The van der Waals surface area contributed by atoms with Crippen LogP contribution >= 0.6 is 0 Å². The second-order valence-electron chi connectivity index (χ2n) is 5.97. The summed E-state index contributed by atoms with van der Waals surface area (Å²) in [5, 5.41) is 12.5. The summed E-state index contributed by atoms with van der Waals surface area (Å²) in [6, 6.07) is 0. The summed E-state index contributed by atoms with van der Waals surface area (Å²) >= 11 is 0. The van der Waals surface area contributed by atoms with Crippen LogP contribution in [0.2, 0.25) is 0 Å². The Morgan fingerprint density at radius 1 is 0.810 bits per heavy atom. The fraction of sp³-hybridized carbons (Fsp3) is 0.944. The van der Waals surface area contributed by atoms with E-state index in [9.17, 15) is 0 Å². The van der Waals surface area contributed by atoms with Gasteiger partial charge in [-0.05, 0) is 19.8 Å². The van der Waals surface area contributed by atoms with Crippen molar-refractivity contribution in [1.29, 1.82) is 0 Å². The number of hydrogen-bond acceptors (Lipinski definition) is 3. The first-order valence-corrected chi connectivity index (χ1v) is 9.14. The van der Waals surface area contributed by atoms with Crippen LogP contribution in [0.15, 0.2) is 5.16 Å². The Hall–Kier alpha value is -0.730. The van der Waals surface area contributed by atoms with Crippen LogP contribution in [0.5, 0.6) is 0 Å². The van der Waals surface area contributed by atoms with Crippen LogP contribution in [0.1, 0.15) is 97.8 Å². The lowest BCUT2D eigenvalue weighted by atomic mass is 9.94. The maximum Gasteiger partial charge on any atom is 0.228 e. The van der Waals surface area contributed by atoms with E-state index in [1.54, 1.807) is 0 Å². The highest BCUT2D eigenvalue weighted by Crippen LogP contribution is 2.20. The summed E-state index contributed by atoms with van der Waals surface area (Å²) in [7, 11) is 0. The van der Waals surface area contributed by atoms with E-state index >= 15 is 0 Å². The van der Waals surface area contributed by atoms with Gasteiger partial charge in [0.2, 0.25) is 5.90 Å². The summed E-state index contributed by atoms with van der Waals surface area (Å²) in [6.07, 6.45) is 15.2. The minimum absolute atomic E-state index is 0.301. The van der Waals surface area contributed by atoms with E-state index in [4.69, 9.17) is 9.94 Å². The van der Waals surface area contributed by atoms with Gasteiger partial charge in [0.25, 0.3) is 0 Å². The largest absolute Gasteiger partial charge is 0.479 e. The van der Waals surface area contributed by atoms with Gasteiger partial charge in [-0.3, -0.25) is 0 Å². The van der Waals surface area contributed by atoms with Crippen LogP contribution < -0.4 is 0 Å². The third-order valence-corrected chi connectivity index (χ3v) is 4.05. The van der Waals surface area contributed by atoms with E-state index in [1.807, 2.05) is 6.92 Å². The van der Waals surface area contributed by atoms with Crippen LogP contribution in [0.25, 0.3) is 0 Å². The Balaban J connectivity index is 3.85. The first kappa shape index (κ1) is 20.3. The zero-order chi connectivity index (χ0) is 15.8. The van der Waals surface area contributed by atoms with Crippen molar-refractivity contribution in [2.75, 3.05) is 6.61 Å². The first-order chi connectivity index (χ1) is 10.3. The van der Waals surface area contributed by atoms with Gasteiger partial charge >= 0.3 is 0 Å². The van der Waals surface area contributed by atoms with Crippen LogP contribution in [-0.2, 0) is 4.74 Å². The molecule has 0 bridgehead atoms. The van der Waals surface area contributed by atoms with Gasteiger partial charge < -0.3 is 9.94 Å². The molecule has 0 saturated carbocycles. The number of ether oxygens (including phenoxy) is 1.